The van der Waals surface area contributed by atoms with Crippen LogP contribution in [0.3, 0.4) is 0 Å². The summed E-state index contributed by atoms with van der Waals surface area (Å²) in [7, 11) is 0. The van der Waals surface area contributed by atoms with Gasteiger partial charge in [0.15, 0.2) is 0 Å². The predicted molar refractivity (Wildman–Crippen MR) is 239 cm³/mol. The molecule has 4 bridgehead atoms. The van der Waals surface area contributed by atoms with E-state index >= 15 is 0 Å². The van der Waals surface area contributed by atoms with E-state index < -0.39 is 0 Å². The van der Waals surface area contributed by atoms with Crippen LogP contribution in [0.25, 0.3) is 53.1 Å². The Bertz CT molecular complexity index is 2230. The van der Waals surface area contributed by atoms with Crippen molar-refractivity contribution >= 4 is 121 Å². The second kappa shape index (κ2) is 15.6. The summed E-state index contributed by atoms with van der Waals surface area (Å²) in [5, 5.41) is 0. The SMILES string of the molecule is CC.CC.Cc1sc2cc(C(C)(C)C)cc3sc4cc(C(C)(C)C)cc(sc5cc(C(C)C)cc6s/c(=C/CC(C)(C)C)c1sc65)c4sc23. The third kappa shape index (κ3) is 9.10. The molecule has 0 amide bonds. The Morgan fingerprint density at radius 3 is 1.27 bits per heavy atom. The molecule has 0 nitrogen and oxygen atoms in total. The highest BCUT2D eigenvalue weighted by atomic mass is 32.1. The minimum absolute atomic E-state index is 0.0686. The van der Waals surface area contributed by atoms with Gasteiger partial charge in [-0.2, -0.15) is 0 Å². The van der Waals surface area contributed by atoms with Crippen molar-refractivity contribution in [2.75, 3.05) is 0 Å². The molecule has 3 aromatic carbocycles. The van der Waals surface area contributed by atoms with Crippen LogP contribution in [-0.2, 0) is 10.8 Å². The summed E-state index contributed by atoms with van der Waals surface area (Å²) < 4.78 is 15.5. The van der Waals surface area contributed by atoms with E-state index in [0.717, 1.165) is 6.42 Å². The van der Waals surface area contributed by atoms with Crippen LogP contribution in [0, 0.1) is 12.3 Å². The molecule has 0 aliphatic heterocycles. The number of fused-ring (bicyclic) bond motifs is 1. The molecule has 0 aliphatic carbocycles. The molecule has 0 radical (unpaired) electrons. The molecule has 0 fully saturated rings. The zero-order valence-electron chi connectivity index (χ0n) is 32.8. The number of benzene rings is 3. The van der Waals surface area contributed by atoms with Crippen molar-refractivity contribution in [1.29, 1.82) is 0 Å². The Morgan fingerprint density at radius 2 is 0.878 bits per heavy atom. The zero-order chi connectivity index (χ0) is 36.6. The van der Waals surface area contributed by atoms with Gasteiger partial charge >= 0.3 is 0 Å². The van der Waals surface area contributed by atoms with Crippen molar-refractivity contribution in [2.24, 2.45) is 5.41 Å². The maximum atomic E-state index is 2.52. The highest BCUT2D eigenvalue weighted by Gasteiger charge is 2.20. The lowest BCUT2D eigenvalue weighted by Crippen LogP contribution is -2.10. The van der Waals surface area contributed by atoms with Gasteiger partial charge < -0.3 is 0 Å². The predicted octanol–water partition coefficient (Wildman–Crippen LogP) is 17.1. The van der Waals surface area contributed by atoms with Crippen LogP contribution in [0.2, 0.25) is 0 Å². The summed E-state index contributed by atoms with van der Waals surface area (Å²) in [6, 6.07) is 14.9. The maximum Gasteiger partial charge on any atom is 0.0622 e. The Kier molecular flexibility index (Phi) is 12.8. The molecule has 6 rings (SSSR count). The third-order valence-electron chi connectivity index (χ3n) is 8.26. The van der Waals surface area contributed by atoms with Crippen LogP contribution >= 0.6 is 68.0 Å². The molecule has 3 aromatic heterocycles. The summed E-state index contributed by atoms with van der Waals surface area (Å²) in [5.41, 5.74) is 4.64. The molecule has 0 aliphatic rings. The van der Waals surface area contributed by atoms with E-state index in [1.165, 1.54) is 73.1 Å². The van der Waals surface area contributed by atoms with E-state index in [4.69, 9.17) is 0 Å². The molecule has 0 atom stereocenters. The van der Waals surface area contributed by atoms with Gasteiger partial charge in [0.2, 0.25) is 0 Å². The molecule has 0 spiro atoms. The van der Waals surface area contributed by atoms with Gasteiger partial charge in [-0.05, 0) is 88.6 Å². The number of hydrogen-bond donors (Lipinski definition) is 0. The van der Waals surface area contributed by atoms with Gasteiger partial charge in [-0.25, -0.2) is 0 Å². The molecule has 0 N–H and O–H groups in total. The van der Waals surface area contributed by atoms with Crippen molar-refractivity contribution in [2.45, 2.75) is 134 Å². The summed E-state index contributed by atoms with van der Waals surface area (Å²) >= 11 is 12.0. The van der Waals surface area contributed by atoms with Crippen LogP contribution in [0.5, 0.6) is 0 Å². The largest absolute Gasteiger partial charge is 0.138 e. The normalized spacial score (nSPS) is 12.9. The van der Waals surface area contributed by atoms with Crippen LogP contribution in [0.4, 0.5) is 0 Å². The van der Waals surface area contributed by atoms with E-state index in [1.54, 1.807) is 0 Å². The van der Waals surface area contributed by atoms with E-state index in [9.17, 15) is 0 Å². The number of aryl methyl sites for hydroxylation is 1. The summed E-state index contributed by atoms with van der Waals surface area (Å²) in [4.78, 5) is 1.40. The lowest BCUT2D eigenvalue weighted by atomic mass is 9.87. The van der Waals surface area contributed by atoms with Gasteiger partial charge in [0.25, 0.3) is 0 Å². The molecular formula is C43H58S6. The Hall–Kier alpha value is -1.54. The summed E-state index contributed by atoms with van der Waals surface area (Å²) in [5.74, 6) is 0.474. The quantitative estimate of drug-likeness (QED) is 0.154. The van der Waals surface area contributed by atoms with Crippen molar-refractivity contribution < 1.29 is 0 Å². The molecular weight excluding hydrogens is 709 g/mol. The van der Waals surface area contributed by atoms with Gasteiger partial charge in [0.1, 0.15) is 0 Å². The molecule has 0 saturated carbocycles. The Labute approximate surface area is 320 Å². The summed E-state index contributed by atoms with van der Waals surface area (Å²) in [6.07, 6.45) is 3.58. The van der Waals surface area contributed by atoms with E-state index in [2.05, 4.69) is 126 Å². The minimum atomic E-state index is 0.0686. The average Bonchev–Trinajstić information content (AvgIpc) is 3.02. The second-order valence-corrected chi connectivity index (χ2v) is 22.5. The first-order chi connectivity index (χ1) is 22.9. The highest BCUT2D eigenvalue weighted by molar-refractivity contribution is 7.42. The first kappa shape index (κ1) is 40.2. The molecule has 0 saturated heterocycles. The Balaban J connectivity index is 0.00000130. The zero-order valence-corrected chi connectivity index (χ0v) is 37.7. The van der Waals surface area contributed by atoms with Crippen molar-refractivity contribution in [1.82, 2.24) is 0 Å². The van der Waals surface area contributed by atoms with Crippen LogP contribution in [0.1, 0.15) is 138 Å². The van der Waals surface area contributed by atoms with Crippen molar-refractivity contribution in [3.63, 3.8) is 0 Å². The standard InChI is InChI=1S/C39H46S6.2C2H6/c1-21(2)23-15-27-34-28(16-23)42-31-19-25(39(10,11)12)20-32-36(31)45-35-29(17-24(38(7,8)9)18-30(35)43-32)40-22(3)33(44-34)26(41-27)13-14-37(4,5)6;2*1-2/h13,15-21H,14H2,1-12H3;2*1-2H3/b26-13+,33-22?;;. The lowest BCUT2D eigenvalue weighted by Gasteiger charge is -2.21. The van der Waals surface area contributed by atoms with E-state index in [1.807, 2.05) is 95.7 Å². The summed E-state index contributed by atoms with van der Waals surface area (Å²) in [6.45, 7) is 36.1. The minimum Gasteiger partial charge on any atom is -0.138 e. The molecule has 6 aromatic rings. The van der Waals surface area contributed by atoms with Crippen LogP contribution in [0.15, 0.2) is 36.4 Å². The Morgan fingerprint density at radius 1 is 0.510 bits per heavy atom. The van der Waals surface area contributed by atoms with E-state index in [0.29, 0.717) is 5.92 Å². The topological polar surface area (TPSA) is 0 Å². The number of rotatable bonds is 2. The van der Waals surface area contributed by atoms with Gasteiger partial charge in [0, 0.05) is 37.6 Å². The van der Waals surface area contributed by atoms with E-state index in [-0.39, 0.29) is 16.2 Å². The number of hydrogen-bond acceptors (Lipinski definition) is 6. The van der Waals surface area contributed by atoms with Crippen molar-refractivity contribution in [3.05, 3.63) is 62.5 Å². The van der Waals surface area contributed by atoms with Gasteiger partial charge in [-0.15, -0.1) is 68.0 Å². The fourth-order valence-corrected chi connectivity index (χ4v) is 13.3. The molecule has 49 heavy (non-hydrogen) atoms. The third-order valence-corrected chi connectivity index (χ3v) is 16.3. The fraction of sp³-hybridized carbons (Fsp3) is 0.488. The van der Waals surface area contributed by atoms with Crippen LogP contribution in [-0.4, -0.2) is 0 Å². The molecule has 6 heteroatoms. The second-order valence-electron chi connectivity index (χ2n) is 15.9. The maximum absolute atomic E-state index is 2.52. The van der Waals surface area contributed by atoms with Gasteiger partial charge in [0.05, 0.1) is 18.8 Å². The smallest absolute Gasteiger partial charge is 0.0622 e. The molecule has 0 unspecified atom stereocenters. The van der Waals surface area contributed by atoms with Gasteiger partial charge in [-0.3, -0.25) is 0 Å². The molecule has 3 heterocycles. The first-order valence-corrected chi connectivity index (χ1v) is 22.8. The highest BCUT2D eigenvalue weighted by Crippen LogP contribution is 2.45. The van der Waals surface area contributed by atoms with Gasteiger partial charge in [-0.1, -0.05) is 110 Å². The monoisotopic (exact) mass is 766 g/mol. The fourth-order valence-electron chi connectivity index (χ4n) is 5.35. The van der Waals surface area contributed by atoms with Crippen molar-refractivity contribution in [3.8, 4) is 0 Å². The molecule has 266 valence electrons. The first-order valence-electron chi connectivity index (χ1n) is 17.9. The van der Waals surface area contributed by atoms with Crippen LogP contribution < -0.4 is 4.53 Å². The average molecular weight is 767 g/mol. The lowest BCUT2D eigenvalue weighted by molar-refractivity contribution is 0.432.